The molecule has 4 rings (SSSR count). The van der Waals surface area contributed by atoms with Crippen molar-refractivity contribution < 1.29 is 0 Å². The molecule has 1 atom stereocenters. The zero-order valence-electron chi connectivity index (χ0n) is 13.3. The maximum absolute atomic E-state index is 3.29. The Balaban J connectivity index is 1.92. The minimum absolute atomic E-state index is 0.396. The summed E-state index contributed by atoms with van der Waals surface area (Å²) in [5.41, 5.74) is 7.12. The molecule has 1 N–H and O–H groups in total. The molecule has 0 spiro atoms. The smallest absolute Gasteiger partial charge is 0.0649 e. The van der Waals surface area contributed by atoms with Gasteiger partial charge in [0.25, 0.3) is 0 Å². The van der Waals surface area contributed by atoms with Crippen molar-refractivity contribution in [3.05, 3.63) is 53.6 Å². The van der Waals surface area contributed by atoms with Gasteiger partial charge in [-0.2, -0.15) is 0 Å². The molecular weight excluding hydrogens is 270 g/mol. The van der Waals surface area contributed by atoms with Crippen molar-refractivity contribution in [2.24, 2.45) is 0 Å². The van der Waals surface area contributed by atoms with Crippen LogP contribution >= 0.6 is 0 Å². The molecule has 2 heterocycles. The van der Waals surface area contributed by atoms with E-state index < -0.39 is 0 Å². The molecule has 114 valence electrons. The number of hydrogen-bond donors (Lipinski definition) is 1. The van der Waals surface area contributed by atoms with E-state index in [1.165, 1.54) is 28.2 Å². The third-order valence-electron chi connectivity index (χ3n) is 5.03. The van der Waals surface area contributed by atoms with Crippen LogP contribution in [0.5, 0.6) is 0 Å². The van der Waals surface area contributed by atoms with E-state index in [1.807, 2.05) is 7.05 Å². The maximum Gasteiger partial charge on any atom is 0.0649 e. The van der Waals surface area contributed by atoms with Crippen LogP contribution in [-0.2, 0) is 6.42 Å². The quantitative estimate of drug-likeness (QED) is 0.934. The molecule has 0 bridgehead atoms. The molecule has 2 aromatic carbocycles. The molecule has 3 heteroatoms. The van der Waals surface area contributed by atoms with Gasteiger partial charge in [-0.1, -0.05) is 30.3 Å². The van der Waals surface area contributed by atoms with Crippen LogP contribution < -0.4 is 15.1 Å². The molecule has 0 radical (unpaired) electrons. The van der Waals surface area contributed by atoms with Crippen molar-refractivity contribution >= 4 is 17.1 Å². The van der Waals surface area contributed by atoms with E-state index in [-0.39, 0.29) is 0 Å². The summed E-state index contributed by atoms with van der Waals surface area (Å²) >= 11 is 0. The first kappa shape index (κ1) is 13.6. The number of hydrogen-bond acceptors (Lipinski definition) is 3. The number of para-hydroxylation sites is 3. The molecule has 1 unspecified atom stereocenters. The average molecular weight is 293 g/mol. The van der Waals surface area contributed by atoms with Crippen LogP contribution in [0, 0.1) is 0 Å². The number of rotatable bonds is 3. The third-order valence-corrected chi connectivity index (χ3v) is 5.03. The summed E-state index contributed by atoms with van der Waals surface area (Å²) < 4.78 is 0. The lowest BCUT2D eigenvalue weighted by atomic mass is 10.0. The first-order valence-electron chi connectivity index (χ1n) is 8.21. The van der Waals surface area contributed by atoms with Crippen LogP contribution in [0.1, 0.15) is 24.1 Å². The fourth-order valence-electron chi connectivity index (χ4n) is 3.92. The number of benzene rings is 2. The molecule has 2 aliphatic heterocycles. The van der Waals surface area contributed by atoms with Crippen LogP contribution in [0.25, 0.3) is 0 Å². The summed E-state index contributed by atoms with van der Waals surface area (Å²) in [7, 11) is 2.02. The fourth-order valence-corrected chi connectivity index (χ4v) is 3.92. The maximum atomic E-state index is 3.29. The highest BCUT2D eigenvalue weighted by Gasteiger charge is 2.33. The summed E-state index contributed by atoms with van der Waals surface area (Å²) in [6, 6.07) is 16.1. The molecular formula is C19H23N3. The summed E-state index contributed by atoms with van der Waals surface area (Å²) in [4.78, 5) is 5.07. The lowest BCUT2D eigenvalue weighted by molar-refractivity contribution is 0.647. The van der Waals surface area contributed by atoms with E-state index in [0.717, 1.165) is 26.1 Å². The molecule has 0 aromatic heterocycles. The molecule has 22 heavy (non-hydrogen) atoms. The van der Waals surface area contributed by atoms with E-state index in [9.17, 15) is 0 Å². The van der Waals surface area contributed by atoms with Gasteiger partial charge in [-0.25, -0.2) is 0 Å². The van der Waals surface area contributed by atoms with Crippen LogP contribution in [0.2, 0.25) is 0 Å². The Hall–Kier alpha value is -2.00. The zero-order chi connectivity index (χ0) is 15.1. The van der Waals surface area contributed by atoms with Gasteiger partial charge in [0.15, 0.2) is 0 Å². The predicted molar refractivity (Wildman–Crippen MR) is 93.3 cm³/mol. The van der Waals surface area contributed by atoms with Gasteiger partial charge in [0.2, 0.25) is 0 Å². The fraction of sp³-hybridized carbons (Fsp3) is 0.368. The molecule has 0 saturated heterocycles. The van der Waals surface area contributed by atoms with Crippen molar-refractivity contribution in [2.75, 3.05) is 36.5 Å². The number of nitrogens with one attached hydrogen (secondary N) is 1. The van der Waals surface area contributed by atoms with E-state index in [0.29, 0.717) is 6.04 Å². The summed E-state index contributed by atoms with van der Waals surface area (Å²) in [5.74, 6) is 0. The number of fused-ring (bicyclic) bond motifs is 2. The van der Waals surface area contributed by atoms with Crippen LogP contribution in [0.15, 0.2) is 42.5 Å². The normalized spacial score (nSPS) is 18.9. The van der Waals surface area contributed by atoms with Gasteiger partial charge in [-0.05, 0) is 43.7 Å². The number of anilines is 3. The second-order valence-corrected chi connectivity index (χ2v) is 6.22. The van der Waals surface area contributed by atoms with Gasteiger partial charge in [-0.3, -0.25) is 0 Å². The Morgan fingerprint density at radius 3 is 2.73 bits per heavy atom. The highest BCUT2D eigenvalue weighted by molar-refractivity contribution is 5.84. The van der Waals surface area contributed by atoms with Crippen molar-refractivity contribution in [1.29, 1.82) is 0 Å². The van der Waals surface area contributed by atoms with Gasteiger partial charge < -0.3 is 15.1 Å². The first-order chi connectivity index (χ1) is 10.8. The van der Waals surface area contributed by atoms with Crippen molar-refractivity contribution in [3.63, 3.8) is 0 Å². The van der Waals surface area contributed by atoms with Gasteiger partial charge in [-0.15, -0.1) is 0 Å². The van der Waals surface area contributed by atoms with E-state index in [4.69, 9.17) is 0 Å². The molecule has 0 fully saturated rings. The summed E-state index contributed by atoms with van der Waals surface area (Å²) in [6.45, 7) is 5.44. The largest absolute Gasteiger partial charge is 0.362 e. The summed E-state index contributed by atoms with van der Waals surface area (Å²) in [6.07, 6.45) is 1.15. The highest BCUT2D eigenvalue weighted by atomic mass is 15.3. The zero-order valence-corrected chi connectivity index (χ0v) is 13.3. The Labute approximate surface area is 132 Å². The molecule has 2 aromatic rings. The van der Waals surface area contributed by atoms with Crippen LogP contribution in [0.4, 0.5) is 17.1 Å². The lowest BCUT2D eigenvalue weighted by Crippen LogP contribution is -2.32. The average Bonchev–Trinajstić information content (AvgIpc) is 2.95. The molecule has 0 amide bonds. The Morgan fingerprint density at radius 2 is 1.91 bits per heavy atom. The molecule has 0 aliphatic carbocycles. The Bertz CT molecular complexity index is 695. The van der Waals surface area contributed by atoms with E-state index in [1.54, 1.807) is 0 Å². The van der Waals surface area contributed by atoms with Crippen molar-refractivity contribution in [3.8, 4) is 0 Å². The highest BCUT2D eigenvalue weighted by Crippen LogP contribution is 2.48. The minimum Gasteiger partial charge on any atom is -0.362 e. The monoisotopic (exact) mass is 293 g/mol. The second kappa shape index (κ2) is 5.33. The lowest BCUT2D eigenvalue weighted by Gasteiger charge is -2.31. The second-order valence-electron chi connectivity index (χ2n) is 6.22. The van der Waals surface area contributed by atoms with Gasteiger partial charge in [0.1, 0.15) is 0 Å². The van der Waals surface area contributed by atoms with Crippen LogP contribution in [-0.4, -0.2) is 26.7 Å². The topological polar surface area (TPSA) is 18.5 Å². The predicted octanol–water partition coefficient (Wildman–Crippen LogP) is 3.48. The van der Waals surface area contributed by atoms with E-state index >= 15 is 0 Å². The van der Waals surface area contributed by atoms with Crippen molar-refractivity contribution in [2.45, 2.75) is 19.4 Å². The molecule has 0 saturated carbocycles. The number of likely N-dealkylation sites (N-methyl/N-ethyl adjacent to an activating group) is 1. The standard InChI is InChI=1S/C19H23N3/c1-14-16-7-5-6-15-10-12-22(19(15)16)18-9-4-3-8-17(18)21(14)13-11-20-2/h3-9,14,20H,10-13H2,1-2H3. The van der Waals surface area contributed by atoms with Gasteiger partial charge in [0.05, 0.1) is 17.4 Å². The van der Waals surface area contributed by atoms with Crippen molar-refractivity contribution in [1.82, 2.24) is 5.32 Å². The van der Waals surface area contributed by atoms with Gasteiger partial charge >= 0.3 is 0 Å². The summed E-state index contributed by atoms with van der Waals surface area (Å²) in [5, 5.41) is 3.29. The van der Waals surface area contributed by atoms with Gasteiger partial charge in [0, 0.05) is 25.3 Å². The SMILES string of the molecule is CNCCN1c2ccccc2N2CCc3cccc(c32)C1C. The first-order valence-corrected chi connectivity index (χ1v) is 8.21. The van der Waals surface area contributed by atoms with E-state index in [2.05, 4.69) is 64.5 Å². The molecule has 3 nitrogen and oxygen atoms in total. The Kier molecular flexibility index (Phi) is 3.30. The molecule has 2 aliphatic rings. The number of nitrogens with zero attached hydrogens (tertiary/aromatic N) is 2. The minimum atomic E-state index is 0.396. The third kappa shape index (κ3) is 1.92. The Morgan fingerprint density at radius 1 is 1.09 bits per heavy atom. The van der Waals surface area contributed by atoms with Crippen LogP contribution in [0.3, 0.4) is 0 Å².